The Morgan fingerprint density at radius 2 is 1.70 bits per heavy atom. The third-order valence-electron chi connectivity index (χ3n) is 5.04. The maximum absolute atomic E-state index is 13.0. The second-order valence-corrected chi connectivity index (χ2v) is 7.07. The first-order valence-corrected chi connectivity index (χ1v) is 9.87. The molecule has 3 rings (SSSR count). The summed E-state index contributed by atoms with van der Waals surface area (Å²) in [5, 5.41) is 12.7. The number of ether oxygens (including phenoxy) is 2. The molecule has 1 amide bonds. The molecule has 1 atom stereocenters. The van der Waals surface area contributed by atoms with E-state index in [0.717, 1.165) is 0 Å². The summed E-state index contributed by atoms with van der Waals surface area (Å²) in [6.45, 7) is 1.36. The molecule has 168 valence electrons. The van der Waals surface area contributed by atoms with Gasteiger partial charge in [-0.2, -0.15) is 5.26 Å². The number of hydrogen-bond donors (Lipinski definition) is 2. The van der Waals surface area contributed by atoms with Crippen molar-refractivity contribution >= 4 is 29.2 Å². The van der Waals surface area contributed by atoms with Crippen molar-refractivity contribution in [2.45, 2.75) is 12.8 Å². The van der Waals surface area contributed by atoms with Crippen molar-refractivity contribution < 1.29 is 23.9 Å². The highest BCUT2D eigenvalue weighted by Crippen LogP contribution is 2.43. The van der Waals surface area contributed by atoms with Crippen LogP contribution in [-0.2, 0) is 23.9 Å². The standard InChI is InChI=1S/C24H22N4O5/c1-14(29)27-16-10-7-11-17(12-16)28-21(24(31)33-3)20(23(30)32-2)19(18(13-25)22(28)26)15-8-5-4-6-9-15/h4-12,19H,26H2,1-3H3,(H,27,29). The zero-order chi connectivity index (χ0) is 24.1. The number of carbonyl (C=O) groups is 3. The molecule has 1 aliphatic heterocycles. The summed E-state index contributed by atoms with van der Waals surface area (Å²) in [5.41, 5.74) is 7.55. The van der Waals surface area contributed by atoms with Gasteiger partial charge in [0.1, 0.15) is 11.5 Å². The zero-order valence-electron chi connectivity index (χ0n) is 18.3. The number of allylic oxidation sites excluding steroid dienone is 1. The number of carbonyl (C=O) groups excluding carboxylic acids is 3. The third kappa shape index (κ3) is 4.41. The van der Waals surface area contributed by atoms with E-state index in [9.17, 15) is 19.6 Å². The highest BCUT2D eigenvalue weighted by atomic mass is 16.5. The molecular formula is C24H22N4O5. The van der Waals surface area contributed by atoms with Gasteiger partial charge in [0.25, 0.3) is 0 Å². The van der Waals surface area contributed by atoms with Crippen molar-refractivity contribution in [1.82, 2.24) is 0 Å². The summed E-state index contributed by atoms with van der Waals surface area (Å²) in [4.78, 5) is 38.8. The quantitative estimate of drug-likeness (QED) is 0.669. The summed E-state index contributed by atoms with van der Waals surface area (Å²) >= 11 is 0. The molecular weight excluding hydrogens is 424 g/mol. The summed E-state index contributed by atoms with van der Waals surface area (Å²) in [5.74, 6) is -2.96. The number of rotatable bonds is 5. The Balaban J connectivity index is 2.37. The Kier molecular flexibility index (Phi) is 6.79. The van der Waals surface area contributed by atoms with Crippen LogP contribution in [0, 0.1) is 11.3 Å². The van der Waals surface area contributed by atoms with Gasteiger partial charge < -0.3 is 20.5 Å². The van der Waals surface area contributed by atoms with Crippen LogP contribution >= 0.6 is 0 Å². The van der Waals surface area contributed by atoms with Crippen molar-refractivity contribution in [3.05, 3.63) is 82.8 Å². The molecule has 9 nitrogen and oxygen atoms in total. The van der Waals surface area contributed by atoms with E-state index < -0.39 is 17.9 Å². The molecule has 0 bridgehead atoms. The van der Waals surface area contributed by atoms with Gasteiger partial charge in [0.15, 0.2) is 0 Å². The molecule has 1 unspecified atom stereocenters. The normalized spacial score (nSPS) is 15.6. The molecule has 0 saturated heterocycles. The summed E-state index contributed by atoms with van der Waals surface area (Å²) < 4.78 is 9.98. The van der Waals surface area contributed by atoms with Crippen molar-refractivity contribution in [3.63, 3.8) is 0 Å². The Morgan fingerprint density at radius 3 is 2.27 bits per heavy atom. The van der Waals surface area contributed by atoms with Crippen molar-refractivity contribution in [1.29, 1.82) is 5.26 Å². The number of nitrogens with zero attached hydrogens (tertiary/aromatic N) is 2. The number of nitrogens with two attached hydrogens (primary N) is 1. The van der Waals surface area contributed by atoms with Crippen molar-refractivity contribution in [2.24, 2.45) is 5.73 Å². The largest absolute Gasteiger partial charge is 0.466 e. The van der Waals surface area contributed by atoms with Gasteiger partial charge in [-0.15, -0.1) is 0 Å². The molecule has 0 fully saturated rings. The SMILES string of the molecule is COC(=O)C1=C(C(=O)OC)N(c2cccc(NC(C)=O)c2)C(N)=C(C#N)C1c1ccccc1. The minimum absolute atomic E-state index is 0.0548. The van der Waals surface area contributed by atoms with Crippen LogP contribution in [0.3, 0.4) is 0 Å². The smallest absolute Gasteiger partial charge is 0.355 e. The second kappa shape index (κ2) is 9.70. The van der Waals surface area contributed by atoms with E-state index in [2.05, 4.69) is 11.4 Å². The lowest BCUT2D eigenvalue weighted by Crippen LogP contribution is -2.40. The number of benzene rings is 2. The van der Waals surface area contributed by atoms with Crippen LogP contribution < -0.4 is 16.0 Å². The van der Waals surface area contributed by atoms with E-state index in [-0.39, 0.29) is 28.6 Å². The van der Waals surface area contributed by atoms with Crippen LogP contribution in [0.4, 0.5) is 11.4 Å². The fourth-order valence-corrected chi connectivity index (χ4v) is 3.71. The molecule has 0 radical (unpaired) electrons. The Bertz CT molecular complexity index is 1210. The summed E-state index contributed by atoms with van der Waals surface area (Å²) in [6.07, 6.45) is 0. The average molecular weight is 446 g/mol. The van der Waals surface area contributed by atoms with Gasteiger partial charge in [0.2, 0.25) is 5.91 Å². The maximum atomic E-state index is 13.0. The Morgan fingerprint density at radius 1 is 1.03 bits per heavy atom. The van der Waals surface area contributed by atoms with Gasteiger partial charge in [-0.25, -0.2) is 9.59 Å². The molecule has 2 aromatic carbocycles. The van der Waals surface area contributed by atoms with Crippen LogP contribution in [0.5, 0.6) is 0 Å². The third-order valence-corrected chi connectivity index (χ3v) is 5.04. The van der Waals surface area contributed by atoms with Gasteiger partial charge in [-0.1, -0.05) is 36.4 Å². The lowest BCUT2D eigenvalue weighted by molar-refractivity contribution is -0.139. The van der Waals surface area contributed by atoms with E-state index in [0.29, 0.717) is 16.9 Å². The lowest BCUT2D eigenvalue weighted by Gasteiger charge is -2.36. The minimum atomic E-state index is -0.951. The van der Waals surface area contributed by atoms with Crippen molar-refractivity contribution in [2.75, 3.05) is 24.4 Å². The molecule has 0 aromatic heterocycles. The first-order chi connectivity index (χ1) is 15.8. The van der Waals surface area contributed by atoms with E-state index in [4.69, 9.17) is 15.2 Å². The van der Waals surface area contributed by atoms with Gasteiger partial charge in [-0.05, 0) is 23.8 Å². The van der Waals surface area contributed by atoms with Crippen LogP contribution in [0.2, 0.25) is 0 Å². The Hall–Kier alpha value is -4.58. The number of methoxy groups -OCH3 is 2. The number of nitriles is 1. The van der Waals surface area contributed by atoms with E-state index >= 15 is 0 Å². The van der Waals surface area contributed by atoms with Gasteiger partial charge in [0.05, 0.1) is 37.4 Å². The monoisotopic (exact) mass is 446 g/mol. The number of anilines is 2. The van der Waals surface area contributed by atoms with Crippen LogP contribution in [0.1, 0.15) is 18.4 Å². The molecule has 33 heavy (non-hydrogen) atoms. The van der Waals surface area contributed by atoms with E-state index in [1.165, 1.54) is 26.0 Å². The lowest BCUT2D eigenvalue weighted by atomic mass is 9.81. The molecule has 0 aliphatic carbocycles. The highest BCUT2D eigenvalue weighted by molar-refractivity contribution is 6.06. The van der Waals surface area contributed by atoms with E-state index in [1.807, 2.05) is 0 Å². The highest BCUT2D eigenvalue weighted by Gasteiger charge is 2.43. The zero-order valence-corrected chi connectivity index (χ0v) is 18.3. The number of hydrogen-bond acceptors (Lipinski definition) is 8. The van der Waals surface area contributed by atoms with Gasteiger partial charge in [0, 0.05) is 18.3 Å². The summed E-state index contributed by atoms with van der Waals surface area (Å²) in [6, 6.07) is 17.3. The fraction of sp³-hybridized carbons (Fsp3) is 0.167. The first-order valence-electron chi connectivity index (χ1n) is 9.87. The fourth-order valence-electron chi connectivity index (χ4n) is 3.71. The predicted molar refractivity (Wildman–Crippen MR) is 120 cm³/mol. The molecule has 9 heteroatoms. The molecule has 0 saturated carbocycles. The minimum Gasteiger partial charge on any atom is -0.466 e. The maximum Gasteiger partial charge on any atom is 0.355 e. The Labute approximate surface area is 190 Å². The number of esters is 2. The molecule has 3 N–H and O–H groups in total. The molecule has 1 heterocycles. The predicted octanol–water partition coefficient (Wildman–Crippen LogP) is 2.54. The molecule has 1 aliphatic rings. The average Bonchev–Trinajstić information content (AvgIpc) is 2.82. The molecule has 2 aromatic rings. The number of nitrogens with one attached hydrogen (secondary N) is 1. The van der Waals surface area contributed by atoms with Crippen LogP contribution in [-0.4, -0.2) is 32.1 Å². The first kappa shape index (κ1) is 23.1. The van der Waals surface area contributed by atoms with E-state index in [1.54, 1.807) is 54.6 Å². The van der Waals surface area contributed by atoms with Crippen LogP contribution in [0.15, 0.2) is 77.3 Å². The second-order valence-electron chi connectivity index (χ2n) is 7.07. The van der Waals surface area contributed by atoms with Crippen molar-refractivity contribution in [3.8, 4) is 6.07 Å². The van der Waals surface area contributed by atoms with Crippen LogP contribution in [0.25, 0.3) is 0 Å². The topological polar surface area (TPSA) is 135 Å². The molecule has 0 spiro atoms. The van der Waals surface area contributed by atoms with Gasteiger partial charge >= 0.3 is 11.9 Å². The van der Waals surface area contributed by atoms with Gasteiger partial charge in [-0.3, -0.25) is 9.69 Å². The number of amides is 1. The summed E-state index contributed by atoms with van der Waals surface area (Å²) in [7, 11) is 2.36.